The molecule has 13 heavy (non-hydrogen) atoms. The van der Waals surface area contributed by atoms with Crippen molar-refractivity contribution in [2.24, 2.45) is 5.41 Å². The predicted molar refractivity (Wildman–Crippen MR) is 50.1 cm³/mol. The third-order valence-corrected chi connectivity index (χ3v) is 2.19. The molecule has 1 atom stereocenters. The van der Waals surface area contributed by atoms with Gasteiger partial charge >= 0.3 is 70.1 Å². The van der Waals surface area contributed by atoms with E-state index >= 15 is 0 Å². The first kappa shape index (κ1) is 16.2. The normalized spacial score (nSPS) is 14.0. The Kier molecular flexibility index (Phi) is 8.83. The summed E-state index contributed by atoms with van der Waals surface area (Å²) in [6.45, 7) is 3.31. The Balaban J connectivity index is 0. The number of hydrogen-bond acceptors (Lipinski definition) is 2. The van der Waals surface area contributed by atoms with Gasteiger partial charge in [-0.05, 0) is 19.8 Å². The van der Waals surface area contributed by atoms with Gasteiger partial charge in [0.1, 0.15) is 0 Å². The Bertz CT molecular complexity index is 193. The molecule has 0 aliphatic carbocycles. The van der Waals surface area contributed by atoms with E-state index in [0.29, 0.717) is 6.42 Å². The van der Waals surface area contributed by atoms with Gasteiger partial charge in [0.15, 0.2) is 0 Å². The van der Waals surface area contributed by atoms with Crippen molar-refractivity contribution in [2.45, 2.75) is 33.1 Å². The van der Waals surface area contributed by atoms with Crippen molar-refractivity contribution in [1.82, 2.24) is 0 Å². The van der Waals surface area contributed by atoms with Crippen LogP contribution in [-0.4, -0.2) is 80.3 Å². The second-order valence-corrected chi connectivity index (χ2v) is 3.11. The fourth-order valence-corrected chi connectivity index (χ4v) is 0.818. The van der Waals surface area contributed by atoms with Crippen molar-refractivity contribution in [3.05, 3.63) is 0 Å². The van der Waals surface area contributed by atoms with Crippen molar-refractivity contribution in [3.63, 3.8) is 0 Å². The molecule has 0 aromatic heterocycles. The van der Waals surface area contributed by atoms with Crippen molar-refractivity contribution < 1.29 is 19.8 Å². The van der Waals surface area contributed by atoms with Crippen LogP contribution in [0.4, 0.5) is 0 Å². The average Bonchev–Trinajstić information content (AvgIpc) is 1.99. The van der Waals surface area contributed by atoms with E-state index in [4.69, 9.17) is 10.2 Å². The number of carboxylic acids is 2. The minimum atomic E-state index is -0.948. The molecule has 0 amide bonds. The van der Waals surface area contributed by atoms with E-state index in [1.807, 2.05) is 0 Å². The average molecular weight is 261 g/mol. The van der Waals surface area contributed by atoms with Gasteiger partial charge in [-0.3, -0.25) is 9.59 Å². The van der Waals surface area contributed by atoms with Crippen LogP contribution in [0.2, 0.25) is 0 Å². The summed E-state index contributed by atoms with van der Waals surface area (Å²) in [6, 6.07) is 0. The number of aliphatic carboxylic acids is 2. The van der Waals surface area contributed by atoms with Gasteiger partial charge in [0.25, 0.3) is 0 Å². The molecule has 0 fully saturated rings. The van der Waals surface area contributed by atoms with Crippen molar-refractivity contribution in [1.29, 1.82) is 0 Å². The Morgan fingerprint density at radius 1 is 1.31 bits per heavy atom. The molecule has 0 heterocycles. The third kappa shape index (κ3) is 5.94. The van der Waals surface area contributed by atoms with Crippen molar-refractivity contribution >= 4 is 70.1 Å². The summed E-state index contributed by atoms with van der Waals surface area (Å²) < 4.78 is 0. The molecule has 0 aromatic carbocycles. The van der Waals surface area contributed by atoms with Crippen LogP contribution in [0.5, 0.6) is 0 Å². The Hall–Kier alpha value is 0.745. The van der Waals surface area contributed by atoms with Crippen molar-refractivity contribution in [3.8, 4) is 0 Å². The van der Waals surface area contributed by atoms with E-state index in [9.17, 15) is 9.59 Å². The maximum atomic E-state index is 10.7. The summed E-state index contributed by atoms with van der Waals surface area (Å²) in [4.78, 5) is 20.9. The second-order valence-electron chi connectivity index (χ2n) is 3.11. The topological polar surface area (TPSA) is 74.6 Å². The monoisotopic (exact) mass is 260 g/mol. The Labute approximate surface area is 126 Å². The molecule has 1 unspecified atom stereocenters. The zero-order chi connectivity index (χ0) is 9.78. The first-order valence-electron chi connectivity index (χ1n) is 3.87. The van der Waals surface area contributed by atoms with Gasteiger partial charge in [-0.1, -0.05) is 6.92 Å². The molecule has 0 bridgehead atoms. The molecule has 72 valence electrons. The van der Waals surface area contributed by atoms with Gasteiger partial charge in [-0.15, -0.1) is 0 Å². The van der Waals surface area contributed by atoms with Crippen LogP contribution in [0.3, 0.4) is 0 Å². The molecule has 0 rings (SSSR count). The molecule has 0 spiro atoms. The zero-order valence-corrected chi connectivity index (χ0v) is 7.33. The zero-order valence-electron chi connectivity index (χ0n) is 7.33. The molecule has 0 aromatic rings. The quantitative estimate of drug-likeness (QED) is 0.763. The molecular weight excluding hydrogens is 246 g/mol. The van der Waals surface area contributed by atoms with Crippen LogP contribution in [0.15, 0.2) is 0 Å². The molecule has 4 nitrogen and oxygen atoms in total. The first-order valence-corrected chi connectivity index (χ1v) is 3.87. The molecule has 0 saturated carbocycles. The minimum absolute atomic E-state index is 0. The van der Waals surface area contributed by atoms with Crippen LogP contribution < -0.4 is 0 Å². The summed E-state index contributed by atoms with van der Waals surface area (Å²) in [5.74, 6) is -1.87. The standard InChI is InChI=1S/C8H14O4.Rb.H/c1-3-8(2,7(11)12)5-4-6(9)10;;/h3-5H2,1-2H3,(H,9,10)(H,11,12);;. The van der Waals surface area contributed by atoms with E-state index in [2.05, 4.69) is 0 Å². The van der Waals surface area contributed by atoms with E-state index in [1.54, 1.807) is 13.8 Å². The predicted octanol–water partition coefficient (Wildman–Crippen LogP) is 0.704. The molecule has 0 saturated heterocycles. The van der Waals surface area contributed by atoms with Gasteiger partial charge in [0, 0.05) is 6.42 Å². The van der Waals surface area contributed by atoms with Crippen LogP contribution >= 0.6 is 0 Å². The first-order chi connectivity index (χ1) is 5.42. The van der Waals surface area contributed by atoms with E-state index in [0.717, 1.165) is 0 Å². The van der Waals surface area contributed by atoms with Crippen LogP contribution in [0.1, 0.15) is 33.1 Å². The summed E-state index contributed by atoms with van der Waals surface area (Å²) >= 11 is 0. The maximum absolute atomic E-state index is 10.7. The molecule has 2 N–H and O–H groups in total. The molecule has 5 heteroatoms. The van der Waals surface area contributed by atoms with Crippen molar-refractivity contribution in [2.75, 3.05) is 0 Å². The number of carboxylic acid groups (broad SMARTS) is 2. The number of carbonyl (C=O) groups is 2. The van der Waals surface area contributed by atoms with Gasteiger partial charge in [0.05, 0.1) is 5.41 Å². The SMILES string of the molecule is CCC(C)(CCC(=O)O)C(=O)O.[RbH]. The van der Waals surface area contributed by atoms with E-state index < -0.39 is 17.4 Å². The van der Waals surface area contributed by atoms with E-state index in [1.165, 1.54) is 0 Å². The molecule has 0 radical (unpaired) electrons. The van der Waals surface area contributed by atoms with Gasteiger partial charge < -0.3 is 10.2 Å². The fourth-order valence-electron chi connectivity index (χ4n) is 0.818. The van der Waals surface area contributed by atoms with Crippen LogP contribution in [0.25, 0.3) is 0 Å². The van der Waals surface area contributed by atoms with Crippen LogP contribution in [0, 0.1) is 5.41 Å². The van der Waals surface area contributed by atoms with E-state index in [-0.39, 0.29) is 71.0 Å². The summed E-state index contributed by atoms with van der Waals surface area (Å²) in [5, 5.41) is 17.1. The van der Waals surface area contributed by atoms with Gasteiger partial charge in [-0.2, -0.15) is 0 Å². The Morgan fingerprint density at radius 3 is 2.00 bits per heavy atom. The van der Waals surface area contributed by atoms with Crippen LogP contribution in [-0.2, 0) is 9.59 Å². The summed E-state index contributed by atoms with van der Waals surface area (Å²) in [6.07, 6.45) is 0.556. The van der Waals surface area contributed by atoms with Gasteiger partial charge in [-0.25, -0.2) is 0 Å². The molecular formula is C8H15O4Rb. The summed E-state index contributed by atoms with van der Waals surface area (Å²) in [5.41, 5.74) is -0.890. The number of rotatable bonds is 5. The summed E-state index contributed by atoms with van der Waals surface area (Å²) in [7, 11) is 0. The number of hydrogen-bond donors (Lipinski definition) is 2. The second kappa shape index (κ2) is 7.09. The third-order valence-electron chi connectivity index (χ3n) is 2.19. The molecule has 0 aliphatic rings. The van der Waals surface area contributed by atoms with Gasteiger partial charge in [0.2, 0.25) is 0 Å². The molecule has 0 aliphatic heterocycles. The fraction of sp³-hybridized carbons (Fsp3) is 0.750. The Morgan fingerprint density at radius 2 is 1.77 bits per heavy atom.